The van der Waals surface area contributed by atoms with Crippen molar-refractivity contribution in [2.75, 3.05) is 5.32 Å². The molecule has 0 radical (unpaired) electrons. The molecular weight excluding hydrogens is 231 g/mol. The molecule has 0 fully saturated rings. The third-order valence-electron chi connectivity index (χ3n) is 2.31. The first-order valence-corrected chi connectivity index (χ1v) is 5.38. The molecule has 1 N–H and O–H groups in total. The maximum absolute atomic E-state index is 13.1. The van der Waals surface area contributed by atoms with Crippen molar-refractivity contribution < 1.29 is 9.18 Å². The van der Waals surface area contributed by atoms with Gasteiger partial charge < -0.3 is 5.32 Å². The van der Waals surface area contributed by atoms with Crippen LogP contribution in [0.5, 0.6) is 0 Å². The Balaban J connectivity index is 2.28. The van der Waals surface area contributed by atoms with Crippen LogP contribution >= 0.6 is 0 Å². The average Bonchev–Trinajstić information content (AvgIpc) is 2.39. The Kier molecular flexibility index (Phi) is 3.81. The molecule has 0 bridgehead atoms. The number of pyridine rings is 1. The Bertz CT molecular complexity index is 567. The zero-order valence-electron chi connectivity index (χ0n) is 9.51. The van der Waals surface area contributed by atoms with Crippen LogP contribution < -0.4 is 5.32 Å². The number of hydrogen-bond acceptors (Lipinski definition) is 3. The maximum Gasteiger partial charge on any atom is 0.144 e. The summed E-state index contributed by atoms with van der Waals surface area (Å²) in [4.78, 5) is 14.6. The van der Waals surface area contributed by atoms with Crippen LogP contribution in [-0.2, 0) is 4.79 Å². The number of hydrogen-bond donors (Lipinski definition) is 1. The fourth-order valence-electron chi connectivity index (χ4n) is 1.52. The lowest BCUT2D eigenvalue weighted by Gasteiger charge is -2.10. The van der Waals surface area contributed by atoms with Crippen molar-refractivity contribution in [2.24, 2.45) is 0 Å². The quantitative estimate of drug-likeness (QED) is 0.662. The van der Waals surface area contributed by atoms with Crippen molar-refractivity contribution in [2.45, 2.75) is 0 Å². The molecule has 0 aliphatic heterocycles. The van der Waals surface area contributed by atoms with E-state index >= 15 is 0 Å². The SMILES string of the molecule is O=C/C=C(\Nc1cccc(F)c1)c1cccnc1. The summed E-state index contributed by atoms with van der Waals surface area (Å²) in [7, 11) is 0. The first kappa shape index (κ1) is 12.0. The summed E-state index contributed by atoms with van der Waals surface area (Å²) >= 11 is 0. The van der Waals surface area contributed by atoms with Crippen LogP contribution in [0.25, 0.3) is 5.70 Å². The van der Waals surface area contributed by atoms with Crippen molar-refractivity contribution in [1.29, 1.82) is 0 Å². The minimum Gasteiger partial charge on any atom is -0.355 e. The van der Waals surface area contributed by atoms with Gasteiger partial charge in [-0.05, 0) is 30.3 Å². The highest BCUT2D eigenvalue weighted by molar-refractivity contribution is 5.86. The number of rotatable bonds is 4. The standard InChI is InChI=1S/C14H11FN2O/c15-12-4-1-5-13(9-12)17-14(6-8-18)11-3-2-7-16-10-11/h1-10,17H/b14-6-. The second-order valence-corrected chi connectivity index (χ2v) is 3.59. The first-order chi connectivity index (χ1) is 8.79. The van der Waals surface area contributed by atoms with Gasteiger partial charge in [0.25, 0.3) is 0 Å². The molecule has 2 aromatic rings. The Morgan fingerprint density at radius 2 is 2.17 bits per heavy atom. The van der Waals surface area contributed by atoms with Gasteiger partial charge in [-0.3, -0.25) is 9.78 Å². The molecule has 0 saturated carbocycles. The fourth-order valence-corrected chi connectivity index (χ4v) is 1.52. The van der Waals surface area contributed by atoms with Crippen molar-refractivity contribution >= 4 is 17.7 Å². The summed E-state index contributed by atoms with van der Waals surface area (Å²) in [6, 6.07) is 9.61. The number of halogens is 1. The van der Waals surface area contributed by atoms with Gasteiger partial charge in [-0.1, -0.05) is 6.07 Å². The molecule has 1 aromatic carbocycles. The van der Waals surface area contributed by atoms with Crippen LogP contribution in [0.15, 0.2) is 54.9 Å². The number of aromatic nitrogens is 1. The Morgan fingerprint density at radius 1 is 1.28 bits per heavy atom. The second-order valence-electron chi connectivity index (χ2n) is 3.59. The van der Waals surface area contributed by atoms with Crippen molar-refractivity contribution in [1.82, 2.24) is 4.98 Å². The van der Waals surface area contributed by atoms with Crippen molar-refractivity contribution in [3.63, 3.8) is 0 Å². The number of carbonyl (C=O) groups is 1. The second kappa shape index (κ2) is 5.72. The third kappa shape index (κ3) is 3.01. The molecule has 1 aromatic heterocycles. The topological polar surface area (TPSA) is 42.0 Å². The lowest BCUT2D eigenvalue weighted by molar-refractivity contribution is -0.104. The lowest BCUT2D eigenvalue weighted by Crippen LogP contribution is -2.00. The van der Waals surface area contributed by atoms with Crippen LogP contribution in [0.4, 0.5) is 10.1 Å². The Hall–Kier alpha value is -2.49. The smallest absolute Gasteiger partial charge is 0.144 e. The van der Waals surface area contributed by atoms with Gasteiger partial charge in [0.2, 0.25) is 0 Å². The van der Waals surface area contributed by atoms with E-state index in [1.807, 2.05) is 6.07 Å². The lowest BCUT2D eigenvalue weighted by atomic mass is 10.2. The van der Waals surface area contributed by atoms with Gasteiger partial charge >= 0.3 is 0 Å². The van der Waals surface area contributed by atoms with E-state index in [4.69, 9.17) is 0 Å². The van der Waals surface area contributed by atoms with Crippen LogP contribution in [0.1, 0.15) is 5.56 Å². The number of allylic oxidation sites excluding steroid dienone is 1. The summed E-state index contributed by atoms with van der Waals surface area (Å²) < 4.78 is 13.1. The van der Waals surface area contributed by atoms with Crippen molar-refractivity contribution in [3.8, 4) is 0 Å². The number of nitrogens with zero attached hydrogens (tertiary/aromatic N) is 1. The van der Waals surface area contributed by atoms with Gasteiger partial charge in [0.15, 0.2) is 0 Å². The first-order valence-electron chi connectivity index (χ1n) is 5.38. The molecule has 0 atom stereocenters. The molecule has 0 spiro atoms. The van der Waals surface area contributed by atoms with E-state index in [-0.39, 0.29) is 5.82 Å². The number of carbonyl (C=O) groups excluding carboxylic acids is 1. The summed E-state index contributed by atoms with van der Waals surface area (Å²) in [5.74, 6) is -0.336. The van der Waals surface area contributed by atoms with Crippen LogP contribution in [-0.4, -0.2) is 11.3 Å². The molecule has 0 saturated heterocycles. The fraction of sp³-hybridized carbons (Fsp3) is 0. The molecule has 2 rings (SSSR count). The van der Waals surface area contributed by atoms with Crippen LogP contribution in [0.2, 0.25) is 0 Å². The number of anilines is 1. The largest absolute Gasteiger partial charge is 0.355 e. The van der Waals surface area contributed by atoms with Crippen molar-refractivity contribution in [3.05, 3.63) is 66.2 Å². The van der Waals surface area contributed by atoms with Gasteiger partial charge in [0, 0.05) is 29.7 Å². The summed E-state index contributed by atoms with van der Waals surface area (Å²) in [6.07, 6.45) is 5.32. The van der Waals surface area contributed by atoms with Gasteiger partial charge in [0.05, 0.1) is 5.70 Å². The van der Waals surface area contributed by atoms with E-state index in [9.17, 15) is 9.18 Å². The highest BCUT2D eigenvalue weighted by Crippen LogP contribution is 2.18. The number of benzene rings is 1. The van der Waals surface area contributed by atoms with E-state index < -0.39 is 0 Å². The van der Waals surface area contributed by atoms with E-state index in [1.165, 1.54) is 18.2 Å². The molecular formula is C14H11FN2O. The minimum atomic E-state index is -0.336. The summed E-state index contributed by atoms with van der Waals surface area (Å²) in [5, 5.41) is 2.99. The zero-order valence-corrected chi connectivity index (χ0v) is 9.51. The highest BCUT2D eigenvalue weighted by atomic mass is 19.1. The molecule has 0 aliphatic rings. The molecule has 0 unspecified atom stereocenters. The van der Waals surface area contributed by atoms with E-state index in [1.54, 1.807) is 30.6 Å². The molecule has 18 heavy (non-hydrogen) atoms. The van der Waals surface area contributed by atoms with Crippen LogP contribution in [0, 0.1) is 5.82 Å². The molecule has 0 aliphatic carbocycles. The summed E-state index contributed by atoms with van der Waals surface area (Å²) in [5.41, 5.74) is 1.91. The maximum atomic E-state index is 13.1. The van der Waals surface area contributed by atoms with Gasteiger partial charge in [0.1, 0.15) is 12.1 Å². The van der Waals surface area contributed by atoms with E-state index in [2.05, 4.69) is 10.3 Å². The van der Waals surface area contributed by atoms with Gasteiger partial charge in [-0.25, -0.2) is 4.39 Å². The predicted octanol–water partition coefficient (Wildman–Crippen LogP) is 2.87. The average molecular weight is 242 g/mol. The zero-order chi connectivity index (χ0) is 12.8. The van der Waals surface area contributed by atoms with E-state index in [0.29, 0.717) is 17.7 Å². The highest BCUT2D eigenvalue weighted by Gasteiger charge is 2.02. The molecule has 1 heterocycles. The van der Waals surface area contributed by atoms with Crippen LogP contribution in [0.3, 0.4) is 0 Å². The number of nitrogens with one attached hydrogen (secondary N) is 1. The van der Waals surface area contributed by atoms with Gasteiger partial charge in [-0.2, -0.15) is 0 Å². The minimum absolute atomic E-state index is 0.336. The number of aldehydes is 1. The van der Waals surface area contributed by atoms with E-state index in [0.717, 1.165) is 5.56 Å². The molecule has 0 amide bonds. The monoisotopic (exact) mass is 242 g/mol. The molecule has 3 nitrogen and oxygen atoms in total. The normalized spacial score (nSPS) is 11.1. The Morgan fingerprint density at radius 3 is 2.83 bits per heavy atom. The summed E-state index contributed by atoms with van der Waals surface area (Å²) in [6.45, 7) is 0. The molecule has 90 valence electrons. The Labute approximate surface area is 104 Å². The molecule has 4 heteroatoms. The predicted molar refractivity (Wildman–Crippen MR) is 68.3 cm³/mol. The third-order valence-corrected chi connectivity index (χ3v) is 2.31. The van der Waals surface area contributed by atoms with Gasteiger partial charge in [-0.15, -0.1) is 0 Å².